The third kappa shape index (κ3) is 3.31. The summed E-state index contributed by atoms with van der Waals surface area (Å²) < 4.78 is 0. The smallest absolute Gasteiger partial charge is 0.326 e. The fourth-order valence-corrected chi connectivity index (χ4v) is 2.46. The van der Waals surface area contributed by atoms with Gasteiger partial charge in [-0.25, -0.2) is 4.79 Å². The first-order valence-electron chi connectivity index (χ1n) is 6.48. The van der Waals surface area contributed by atoms with Crippen LogP contribution in [0.15, 0.2) is 24.3 Å². The van der Waals surface area contributed by atoms with Crippen LogP contribution >= 0.6 is 0 Å². The van der Waals surface area contributed by atoms with Crippen molar-refractivity contribution < 1.29 is 24.6 Å². The molecule has 7 heteroatoms. The lowest BCUT2D eigenvalue weighted by Crippen LogP contribution is -2.44. The van der Waals surface area contributed by atoms with Crippen LogP contribution in [0.5, 0.6) is 5.75 Å². The molecule has 2 atom stereocenters. The van der Waals surface area contributed by atoms with Crippen molar-refractivity contribution in [2.75, 3.05) is 6.54 Å². The summed E-state index contributed by atoms with van der Waals surface area (Å²) >= 11 is 0. The van der Waals surface area contributed by atoms with Crippen molar-refractivity contribution in [1.82, 2.24) is 4.90 Å². The number of amides is 2. The summed E-state index contributed by atoms with van der Waals surface area (Å²) in [5.41, 5.74) is 5.77. The predicted molar refractivity (Wildman–Crippen MR) is 72.2 cm³/mol. The number of phenolic OH excluding ortho intramolecular Hbond substituents is 1. The van der Waals surface area contributed by atoms with Gasteiger partial charge in [0.25, 0.3) is 0 Å². The first-order chi connectivity index (χ1) is 9.88. The maximum absolute atomic E-state index is 11.9. The summed E-state index contributed by atoms with van der Waals surface area (Å²) in [5, 5.41) is 18.7. The summed E-state index contributed by atoms with van der Waals surface area (Å²) in [5.74, 6) is -2.78. The molecule has 1 saturated heterocycles. The maximum atomic E-state index is 11.9. The van der Waals surface area contributed by atoms with Crippen LogP contribution in [0.2, 0.25) is 0 Å². The lowest BCUT2D eigenvalue weighted by atomic mass is 10.0. The molecular formula is C14H16N2O5. The summed E-state index contributed by atoms with van der Waals surface area (Å²) in [4.78, 5) is 35.6. The molecule has 2 unspecified atom stereocenters. The summed E-state index contributed by atoms with van der Waals surface area (Å²) in [7, 11) is 0. The van der Waals surface area contributed by atoms with Crippen LogP contribution in [-0.4, -0.2) is 45.5 Å². The van der Waals surface area contributed by atoms with Crippen molar-refractivity contribution >= 4 is 17.8 Å². The van der Waals surface area contributed by atoms with Crippen LogP contribution in [0.25, 0.3) is 0 Å². The molecular weight excluding hydrogens is 276 g/mol. The molecule has 1 aromatic carbocycles. The quantitative estimate of drug-likeness (QED) is 0.689. The van der Waals surface area contributed by atoms with Crippen LogP contribution < -0.4 is 5.73 Å². The SMILES string of the molecule is NC(=O)C1CC(=O)N(C(Cc2cccc(O)c2)C(=O)O)C1. The van der Waals surface area contributed by atoms with Gasteiger partial charge in [-0.2, -0.15) is 0 Å². The zero-order valence-corrected chi connectivity index (χ0v) is 11.2. The molecule has 1 aliphatic heterocycles. The minimum Gasteiger partial charge on any atom is -0.508 e. The molecule has 0 aliphatic carbocycles. The van der Waals surface area contributed by atoms with Gasteiger partial charge in [0.15, 0.2) is 0 Å². The van der Waals surface area contributed by atoms with Gasteiger partial charge in [0.2, 0.25) is 11.8 Å². The Bertz CT molecular complexity index is 586. The number of likely N-dealkylation sites (tertiary alicyclic amines) is 1. The van der Waals surface area contributed by atoms with E-state index in [9.17, 15) is 24.6 Å². The van der Waals surface area contributed by atoms with Gasteiger partial charge in [0, 0.05) is 19.4 Å². The van der Waals surface area contributed by atoms with E-state index >= 15 is 0 Å². The molecule has 4 N–H and O–H groups in total. The van der Waals surface area contributed by atoms with E-state index in [1.807, 2.05) is 0 Å². The molecule has 0 radical (unpaired) electrons. The molecule has 1 aliphatic rings. The first-order valence-corrected chi connectivity index (χ1v) is 6.48. The Kier molecular flexibility index (Phi) is 4.11. The highest BCUT2D eigenvalue weighted by Crippen LogP contribution is 2.23. The number of aliphatic carboxylic acids is 1. The Morgan fingerprint density at radius 3 is 2.67 bits per heavy atom. The van der Waals surface area contributed by atoms with E-state index in [-0.39, 0.29) is 25.1 Å². The molecule has 0 saturated carbocycles. The topological polar surface area (TPSA) is 121 Å². The van der Waals surface area contributed by atoms with E-state index in [0.717, 1.165) is 0 Å². The van der Waals surface area contributed by atoms with E-state index in [1.54, 1.807) is 12.1 Å². The number of phenols is 1. The molecule has 0 bridgehead atoms. The highest BCUT2D eigenvalue weighted by molar-refractivity contribution is 5.91. The molecule has 0 aromatic heterocycles. The lowest BCUT2D eigenvalue weighted by molar-refractivity contribution is -0.148. The number of primary amides is 1. The largest absolute Gasteiger partial charge is 0.508 e. The standard InChI is InChI=1S/C14H16N2O5/c15-13(19)9-6-12(18)16(7-9)11(14(20)21)5-8-2-1-3-10(17)4-8/h1-4,9,11,17H,5-7H2,(H2,15,19)(H,20,21). The highest BCUT2D eigenvalue weighted by Gasteiger charge is 2.39. The average molecular weight is 292 g/mol. The minimum absolute atomic E-state index is 0.0178. The molecule has 112 valence electrons. The van der Waals surface area contributed by atoms with Gasteiger partial charge in [-0.15, -0.1) is 0 Å². The fraction of sp³-hybridized carbons (Fsp3) is 0.357. The second kappa shape index (κ2) is 5.82. The van der Waals surface area contributed by atoms with Gasteiger partial charge in [-0.1, -0.05) is 12.1 Å². The summed E-state index contributed by atoms with van der Waals surface area (Å²) in [6.45, 7) is 0.0178. The van der Waals surface area contributed by atoms with Gasteiger partial charge >= 0.3 is 5.97 Å². The number of hydrogen-bond donors (Lipinski definition) is 3. The molecule has 21 heavy (non-hydrogen) atoms. The van der Waals surface area contributed by atoms with Crippen molar-refractivity contribution in [2.45, 2.75) is 18.9 Å². The monoisotopic (exact) mass is 292 g/mol. The molecule has 2 rings (SSSR count). The number of nitrogens with zero attached hydrogens (tertiary/aromatic N) is 1. The second-order valence-electron chi connectivity index (χ2n) is 5.08. The molecule has 2 amide bonds. The molecule has 7 nitrogen and oxygen atoms in total. The number of aromatic hydroxyl groups is 1. The number of nitrogens with two attached hydrogens (primary N) is 1. The van der Waals surface area contributed by atoms with E-state index in [2.05, 4.69) is 0 Å². The number of rotatable bonds is 5. The summed E-state index contributed by atoms with van der Waals surface area (Å²) in [6, 6.07) is 5.11. The number of carbonyl (C=O) groups is 3. The zero-order valence-electron chi connectivity index (χ0n) is 11.2. The van der Waals surface area contributed by atoms with Gasteiger partial charge in [0.05, 0.1) is 5.92 Å². The van der Waals surface area contributed by atoms with Gasteiger partial charge < -0.3 is 20.8 Å². The van der Waals surface area contributed by atoms with E-state index in [0.29, 0.717) is 5.56 Å². The van der Waals surface area contributed by atoms with Crippen molar-refractivity contribution in [3.63, 3.8) is 0 Å². The number of carboxylic acid groups (broad SMARTS) is 1. The van der Waals surface area contributed by atoms with Crippen molar-refractivity contribution in [3.8, 4) is 5.75 Å². The average Bonchev–Trinajstić information content (AvgIpc) is 2.78. The van der Waals surface area contributed by atoms with E-state index < -0.39 is 29.7 Å². The van der Waals surface area contributed by atoms with Crippen LogP contribution in [0.3, 0.4) is 0 Å². The number of hydrogen-bond acceptors (Lipinski definition) is 4. The van der Waals surface area contributed by atoms with Gasteiger partial charge in [-0.05, 0) is 17.7 Å². The summed E-state index contributed by atoms with van der Waals surface area (Å²) in [6.07, 6.45) is 0.000107. The zero-order chi connectivity index (χ0) is 15.6. The Hall–Kier alpha value is -2.57. The van der Waals surface area contributed by atoms with Crippen LogP contribution in [0.4, 0.5) is 0 Å². The molecule has 0 spiro atoms. The third-order valence-electron chi connectivity index (χ3n) is 3.56. The van der Waals surface area contributed by atoms with Crippen LogP contribution in [0.1, 0.15) is 12.0 Å². The molecule has 1 heterocycles. The van der Waals surface area contributed by atoms with Crippen molar-refractivity contribution in [1.29, 1.82) is 0 Å². The predicted octanol–water partition coefficient (Wildman–Crippen LogP) is -0.278. The first kappa shape index (κ1) is 14.8. The van der Waals surface area contributed by atoms with E-state index in [1.165, 1.54) is 17.0 Å². The Balaban J connectivity index is 2.18. The van der Waals surface area contributed by atoms with Crippen molar-refractivity contribution in [3.05, 3.63) is 29.8 Å². The fourth-order valence-electron chi connectivity index (χ4n) is 2.46. The molecule has 1 aromatic rings. The third-order valence-corrected chi connectivity index (χ3v) is 3.56. The lowest BCUT2D eigenvalue weighted by Gasteiger charge is -2.24. The van der Waals surface area contributed by atoms with Gasteiger partial charge in [-0.3, -0.25) is 9.59 Å². The Morgan fingerprint density at radius 2 is 2.14 bits per heavy atom. The Labute approximate surface area is 121 Å². The molecule has 1 fully saturated rings. The highest BCUT2D eigenvalue weighted by atomic mass is 16.4. The van der Waals surface area contributed by atoms with E-state index in [4.69, 9.17) is 5.73 Å². The second-order valence-corrected chi connectivity index (χ2v) is 5.08. The van der Waals surface area contributed by atoms with Crippen LogP contribution in [-0.2, 0) is 20.8 Å². The number of carbonyl (C=O) groups excluding carboxylic acids is 2. The van der Waals surface area contributed by atoms with Crippen molar-refractivity contribution in [2.24, 2.45) is 11.7 Å². The Morgan fingerprint density at radius 1 is 1.43 bits per heavy atom. The van der Waals surface area contributed by atoms with Crippen LogP contribution in [0, 0.1) is 5.92 Å². The number of benzene rings is 1. The minimum atomic E-state index is -1.16. The number of carboxylic acids is 1. The van der Waals surface area contributed by atoms with Gasteiger partial charge in [0.1, 0.15) is 11.8 Å². The maximum Gasteiger partial charge on any atom is 0.326 e. The normalized spacial score (nSPS) is 19.5.